The average Bonchev–Trinajstić information content (AvgIpc) is 3.12. The molecule has 2 aliphatic rings. The Hall–Kier alpha value is -3.33. The predicted molar refractivity (Wildman–Crippen MR) is 133 cm³/mol. The Balaban J connectivity index is 1.48. The molecule has 2 N–H and O–H groups in total. The molecular formula is C26H28N2O6S. The number of thioether (sulfide) groups is 1. The zero-order valence-corrected chi connectivity index (χ0v) is 21.2. The molecule has 2 aliphatic heterocycles. The summed E-state index contributed by atoms with van der Waals surface area (Å²) < 4.78 is 11.8. The molecule has 0 aliphatic carbocycles. The van der Waals surface area contributed by atoms with Gasteiger partial charge in [0.05, 0.1) is 5.25 Å². The van der Waals surface area contributed by atoms with Crippen LogP contribution in [0.3, 0.4) is 0 Å². The molecule has 2 aromatic carbocycles. The number of anilines is 1. The summed E-state index contributed by atoms with van der Waals surface area (Å²) >= 11 is 0.992. The van der Waals surface area contributed by atoms with Gasteiger partial charge in [0.2, 0.25) is 5.91 Å². The smallest absolute Gasteiger partial charge is 0.308 e. The number of amides is 3. The van der Waals surface area contributed by atoms with Crippen molar-refractivity contribution in [1.29, 1.82) is 0 Å². The maximum atomic E-state index is 13.2. The number of ether oxygens (including phenoxy) is 2. The standard InChI is InChI=1S/C26H28N2O6S/c1-13-14(2)22-19(15(3)21(13)33-16(4)29)10-11-26(5,34-22)24(31)27-18-8-6-17(7-9-18)12-20-23(30)28-25(32)35-20/h6-9,20H,10-12H2,1-5H3,(H,27,31)(H,28,30,32). The minimum atomic E-state index is -1.07. The van der Waals surface area contributed by atoms with Crippen molar-refractivity contribution in [3.05, 3.63) is 52.1 Å². The number of hydrogen-bond acceptors (Lipinski definition) is 7. The van der Waals surface area contributed by atoms with Crippen molar-refractivity contribution in [3.8, 4) is 11.5 Å². The van der Waals surface area contributed by atoms with Gasteiger partial charge in [-0.25, -0.2) is 0 Å². The number of hydrogen-bond donors (Lipinski definition) is 2. The van der Waals surface area contributed by atoms with Crippen molar-refractivity contribution in [2.75, 3.05) is 5.32 Å². The largest absolute Gasteiger partial charge is 0.477 e. The third-order valence-electron chi connectivity index (χ3n) is 6.62. The number of fused-ring (bicyclic) bond motifs is 1. The molecule has 35 heavy (non-hydrogen) atoms. The van der Waals surface area contributed by atoms with Gasteiger partial charge < -0.3 is 14.8 Å². The van der Waals surface area contributed by atoms with Gasteiger partial charge in [-0.15, -0.1) is 0 Å². The number of carbonyl (C=O) groups is 4. The second-order valence-electron chi connectivity index (χ2n) is 9.18. The van der Waals surface area contributed by atoms with Crippen LogP contribution in [-0.2, 0) is 27.2 Å². The molecule has 3 amide bonds. The number of nitrogens with one attached hydrogen (secondary N) is 2. The molecule has 2 heterocycles. The van der Waals surface area contributed by atoms with Crippen LogP contribution in [0.2, 0.25) is 0 Å². The van der Waals surface area contributed by atoms with Gasteiger partial charge in [-0.3, -0.25) is 24.5 Å². The molecule has 4 rings (SSSR count). The highest BCUT2D eigenvalue weighted by Gasteiger charge is 2.41. The number of esters is 1. The van der Waals surface area contributed by atoms with Gasteiger partial charge >= 0.3 is 5.97 Å². The van der Waals surface area contributed by atoms with E-state index in [2.05, 4.69) is 10.6 Å². The molecule has 1 fully saturated rings. The topological polar surface area (TPSA) is 111 Å². The molecule has 184 valence electrons. The summed E-state index contributed by atoms with van der Waals surface area (Å²) in [5.74, 6) is 0.313. The molecule has 0 bridgehead atoms. The van der Waals surface area contributed by atoms with Gasteiger partial charge in [-0.1, -0.05) is 23.9 Å². The first-order chi connectivity index (χ1) is 16.5. The maximum Gasteiger partial charge on any atom is 0.308 e. The van der Waals surface area contributed by atoms with Gasteiger partial charge in [0.1, 0.15) is 11.5 Å². The number of carbonyl (C=O) groups excluding carboxylic acids is 4. The van der Waals surface area contributed by atoms with E-state index in [9.17, 15) is 19.2 Å². The Labute approximate surface area is 208 Å². The molecule has 0 saturated carbocycles. The van der Waals surface area contributed by atoms with E-state index < -0.39 is 10.9 Å². The molecular weight excluding hydrogens is 468 g/mol. The molecule has 1 saturated heterocycles. The fraction of sp³-hybridized carbons (Fsp3) is 0.385. The highest BCUT2D eigenvalue weighted by Crippen LogP contribution is 2.44. The summed E-state index contributed by atoms with van der Waals surface area (Å²) in [7, 11) is 0. The lowest BCUT2D eigenvalue weighted by atomic mass is 9.86. The summed E-state index contributed by atoms with van der Waals surface area (Å²) in [5.41, 5.74) is 3.90. The Bertz CT molecular complexity index is 1240. The molecule has 0 spiro atoms. The normalized spacial score (nSPS) is 21.1. The molecule has 0 radical (unpaired) electrons. The molecule has 2 unspecified atom stereocenters. The third kappa shape index (κ3) is 4.91. The summed E-state index contributed by atoms with van der Waals surface area (Å²) in [6.07, 6.45) is 1.51. The quantitative estimate of drug-likeness (QED) is 0.472. The number of rotatable bonds is 5. The highest BCUT2D eigenvalue weighted by atomic mass is 32.2. The lowest BCUT2D eigenvalue weighted by Crippen LogP contribution is -2.48. The minimum absolute atomic E-state index is 0.258. The lowest BCUT2D eigenvalue weighted by molar-refractivity contribution is -0.132. The van der Waals surface area contributed by atoms with Gasteiger partial charge in [0.25, 0.3) is 11.1 Å². The van der Waals surface area contributed by atoms with Crippen LogP contribution in [0.1, 0.15) is 48.1 Å². The van der Waals surface area contributed by atoms with Crippen molar-refractivity contribution in [2.24, 2.45) is 0 Å². The second-order valence-corrected chi connectivity index (χ2v) is 10.4. The maximum absolute atomic E-state index is 13.2. The van der Waals surface area contributed by atoms with E-state index in [0.717, 1.165) is 39.6 Å². The van der Waals surface area contributed by atoms with Gasteiger partial charge in [-0.2, -0.15) is 0 Å². The van der Waals surface area contributed by atoms with E-state index in [0.29, 0.717) is 36.4 Å². The van der Waals surface area contributed by atoms with Crippen LogP contribution in [-0.4, -0.2) is 33.9 Å². The van der Waals surface area contributed by atoms with Crippen LogP contribution in [0.4, 0.5) is 10.5 Å². The summed E-state index contributed by atoms with van der Waals surface area (Å²) in [6, 6.07) is 7.22. The summed E-state index contributed by atoms with van der Waals surface area (Å²) in [4.78, 5) is 47.9. The molecule has 2 aromatic rings. The van der Waals surface area contributed by atoms with E-state index in [1.54, 1.807) is 19.1 Å². The monoisotopic (exact) mass is 496 g/mol. The van der Waals surface area contributed by atoms with E-state index in [-0.39, 0.29) is 23.0 Å². The van der Waals surface area contributed by atoms with E-state index in [1.165, 1.54) is 6.92 Å². The van der Waals surface area contributed by atoms with E-state index >= 15 is 0 Å². The van der Waals surface area contributed by atoms with Crippen LogP contribution in [0.25, 0.3) is 0 Å². The average molecular weight is 497 g/mol. The molecule has 0 aromatic heterocycles. The summed E-state index contributed by atoms with van der Waals surface area (Å²) in [5, 5.41) is 4.46. The highest BCUT2D eigenvalue weighted by molar-refractivity contribution is 8.15. The van der Waals surface area contributed by atoms with Crippen LogP contribution in [0.5, 0.6) is 11.5 Å². The lowest BCUT2D eigenvalue weighted by Gasteiger charge is -2.36. The van der Waals surface area contributed by atoms with Crippen molar-refractivity contribution in [2.45, 2.75) is 64.7 Å². The first kappa shape index (κ1) is 24.8. The van der Waals surface area contributed by atoms with Crippen LogP contribution in [0, 0.1) is 20.8 Å². The van der Waals surface area contributed by atoms with Crippen molar-refractivity contribution in [1.82, 2.24) is 5.32 Å². The van der Waals surface area contributed by atoms with E-state index in [4.69, 9.17) is 9.47 Å². The Kier molecular flexibility index (Phi) is 6.64. The number of imide groups is 1. The van der Waals surface area contributed by atoms with E-state index in [1.807, 2.05) is 32.9 Å². The van der Waals surface area contributed by atoms with Crippen molar-refractivity contribution < 1.29 is 28.7 Å². The molecule has 2 atom stereocenters. The second kappa shape index (κ2) is 9.37. The predicted octanol–water partition coefficient (Wildman–Crippen LogP) is 4.15. The minimum Gasteiger partial charge on any atom is -0.477 e. The first-order valence-electron chi connectivity index (χ1n) is 11.4. The first-order valence-corrected chi connectivity index (χ1v) is 12.3. The fourth-order valence-electron chi connectivity index (χ4n) is 4.42. The Morgan fingerprint density at radius 2 is 1.83 bits per heavy atom. The van der Waals surface area contributed by atoms with Crippen molar-refractivity contribution >= 4 is 40.5 Å². The Morgan fingerprint density at radius 1 is 1.14 bits per heavy atom. The van der Waals surface area contributed by atoms with Crippen molar-refractivity contribution in [3.63, 3.8) is 0 Å². The zero-order valence-electron chi connectivity index (χ0n) is 20.4. The van der Waals surface area contributed by atoms with Crippen LogP contribution in [0.15, 0.2) is 24.3 Å². The van der Waals surface area contributed by atoms with Gasteiger partial charge in [0.15, 0.2) is 5.60 Å². The molecule has 9 heteroatoms. The SMILES string of the molecule is CC(=O)Oc1c(C)c(C)c2c(c1C)CCC(C)(C(=O)Nc1ccc(CC3SC(=O)NC3=O)cc1)O2. The van der Waals surface area contributed by atoms with Gasteiger partial charge in [0, 0.05) is 24.6 Å². The fourth-order valence-corrected chi connectivity index (χ4v) is 5.28. The number of benzene rings is 2. The summed E-state index contributed by atoms with van der Waals surface area (Å²) in [6.45, 7) is 8.84. The molecule has 8 nitrogen and oxygen atoms in total. The third-order valence-corrected chi connectivity index (χ3v) is 7.60. The van der Waals surface area contributed by atoms with Crippen LogP contribution < -0.4 is 20.1 Å². The Morgan fingerprint density at radius 3 is 2.43 bits per heavy atom. The van der Waals surface area contributed by atoms with Gasteiger partial charge in [-0.05, 0) is 74.9 Å². The van der Waals surface area contributed by atoms with Crippen LogP contribution >= 0.6 is 11.8 Å². The zero-order chi connectivity index (χ0) is 25.5.